The number of hydrogen-bond acceptors (Lipinski definition) is 2. The number of piperidine rings is 1. The molecule has 26 heavy (non-hydrogen) atoms. The molecule has 142 valence electrons. The van der Waals surface area contributed by atoms with Crippen molar-refractivity contribution in [3.63, 3.8) is 0 Å². The first-order chi connectivity index (χ1) is 12.4. The molecule has 0 aromatic heterocycles. The van der Waals surface area contributed by atoms with Crippen LogP contribution in [0.3, 0.4) is 0 Å². The fourth-order valence-electron chi connectivity index (χ4n) is 5.22. The Balaban J connectivity index is 1.29. The Kier molecular flexibility index (Phi) is 4.63. The van der Waals surface area contributed by atoms with Gasteiger partial charge in [0, 0.05) is 24.5 Å². The molecule has 0 radical (unpaired) electrons. The summed E-state index contributed by atoms with van der Waals surface area (Å²) >= 11 is 0. The van der Waals surface area contributed by atoms with Gasteiger partial charge in [0.1, 0.15) is 0 Å². The Bertz CT molecular complexity index is 636. The second-order valence-electron chi connectivity index (χ2n) is 9.89. The van der Waals surface area contributed by atoms with Crippen molar-refractivity contribution in [1.29, 1.82) is 0 Å². The van der Waals surface area contributed by atoms with Gasteiger partial charge in [-0.15, -0.1) is 0 Å². The summed E-state index contributed by atoms with van der Waals surface area (Å²) in [5, 5.41) is 3.63. The average molecular weight is 355 g/mol. The van der Waals surface area contributed by atoms with E-state index in [1.165, 1.54) is 24.0 Å². The van der Waals surface area contributed by atoms with Crippen molar-refractivity contribution in [3.05, 3.63) is 35.4 Å². The van der Waals surface area contributed by atoms with Crippen LogP contribution >= 0.6 is 0 Å². The predicted molar refractivity (Wildman–Crippen MR) is 106 cm³/mol. The lowest BCUT2D eigenvalue weighted by molar-refractivity contribution is -0.142. The SMILES string of the molecule is CC(C)(C)c1ccc(C2CCN(C(=O)C3CC4(CCCN4)C3)CC2)cc1. The van der Waals surface area contributed by atoms with E-state index >= 15 is 0 Å². The van der Waals surface area contributed by atoms with Gasteiger partial charge in [0.05, 0.1) is 0 Å². The minimum absolute atomic E-state index is 0.211. The van der Waals surface area contributed by atoms with Crippen LogP contribution in [0.4, 0.5) is 0 Å². The Hall–Kier alpha value is -1.35. The molecular formula is C23H34N2O. The van der Waals surface area contributed by atoms with E-state index < -0.39 is 0 Å². The van der Waals surface area contributed by atoms with E-state index in [4.69, 9.17) is 0 Å². The van der Waals surface area contributed by atoms with Gasteiger partial charge in [-0.05, 0) is 67.5 Å². The van der Waals surface area contributed by atoms with Crippen LogP contribution in [0.25, 0.3) is 0 Å². The molecule has 2 saturated heterocycles. The molecule has 0 bridgehead atoms. The molecule has 2 heterocycles. The first-order valence-corrected chi connectivity index (χ1v) is 10.5. The van der Waals surface area contributed by atoms with E-state index in [-0.39, 0.29) is 11.3 Å². The van der Waals surface area contributed by atoms with Crippen molar-refractivity contribution in [2.24, 2.45) is 5.92 Å². The number of likely N-dealkylation sites (tertiary alicyclic amines) is 1. The molecular weight excluding hydrogens is 320 g/mol. The molecule has 1 N–H and O–H groups in total. The van der Waals surface area contributed by atoms with E-state index in [1.54, 1.807) is 0 Å². The third-order valence-corrected chi connectivity index (χ3v) is 7.01. The van der Waals surface area contributed by atoms with Crippen molar-refractivity contribution < 1.29 is 4.79 Å². The summed E-state index contributed by atoms with van der Waals surface area (Å²) < 4.78 is 0. The molecule has 3 heteroatoms. The lowest BCUT2D eigenvalue weighted by Gasteiger charge is -2.47. The standard InChI is InChI=1S/C23H34N2O/c1-22(2,3)20-7-5-17(6-8-20)18-9-13-25(14-10-18)21(26)19-15-23(16-19)11-4-12-24-23/h5-8,18-19,24H,4,9-16H2,1-3H3. The third kappa shape index (κ3) is 3.43. The van der Waals surface area contributed by atoms with Crippen molar-refractivity contribution in [3.8, 4) is 0 Å². The van der Waals surface area contributed by atoms with Gasteiger partial charge >= 0.3 is 0 Å². The molecule has 3 aliphatic rings. The summed E-state index contributed by atoms with van der Waals surface area (Å²) in [4.78, 5) is 15.0. The molecule has 1 aromatic rings. The minimum atomic E-state index is 0.211. The summed E-state index contributed by atoms with van der Waals surface area (Å²) in [6, 6.07) is 9.19. The van der Waals surface area contributed by atoms with Crippen LogP contribution in [-0.2, 0) is 10.2 Å². The Morgan fingerprint density at radius 3 is 2.31 bits per heavy atom. The summed E-state index contributed by atoms with van der Waals surface area (Å²) in [7, 11) is 0. The topological polar surface area (TPSA) is 32.3 Å². The van der Waals surface area contributed by atoms with Gasteiger partial charge in [0.25, 0.3) is 0 Å². The lowest BCUT2D eigenvalue weighted by atomic mass is 9.67. The molecule has 0 atom stereocenters. The lowest BCUT2D eigenvalue weighted by Crippen LogP contribution is -2.56. The number of nitrogens with zero attached hydrogens (tertiary/aromatic N) is 1. The quantitative estimate of drug-likeness (QED) is 0.862. The molecule has 4 rings (SSSR count). The van der Waals surface area contributed by atoms with Crippen LogP contribution in [0.1, 0.15) is 76.3 Å². The van der Waals surface area contributed by atoms with Gasteiger partial charge in [-0.25, -0.2) is 0 Å². The van der Waals surface area contributed by atoms with Crippen LogP contribution in [0, 0.1) is 5.92 Å². The highest BCUT2D eigenvalue weighted by Gasteiger charge is 2.49. The second-order valence-corrected chi connectivity index (χ2v) is 9.89. The molecule has 1 aliphatic carbocycles. The van der Waals surface area contributed by atoms with Gasteiger partial charge < -0.3 is 10.2 Å². The fourth-order valence-corrected chi connectivity index (χ4v) is 5.22. The monoisotopic (exact) mass is 354 g/mol. The van der Waals surface area contributed by atoms with Crippen molar-refractivity contribution in [2.75, 3.05) is 19.6 Å². The number of rotatable bonds is 2. The second kappa shape index (κ2) is 6.67. The van der Waals surface area contributed by atoms with E-state index in [0.717, 1.165) is 45.3 Å². The number of nitrogens with one attached hydrogen (secondary N) is 1. The number of hydrogen-bond donors (Lipinski definition) is 1. The van der Waals surface area contributed by atoms with E-state index in [0.29, 0.717) is 17.4 Å². The zero-order chi connectivity index (χ0) is 18.4. The van der Waals surface area contributed by atoms with Gasteiger partial charge in [-0.1, -0.05) is 45.0 Å². The maximum absolute atomic E-state index is 12.8. The smallest absolute Gasteiger partial charge is 0.225 e. The number of carbonyl (C=O) groups excluding carboxylic acids is 1. The molecule has 3 nitrogen and oxygen atoms in total. The van der Waals surface area contributed by atoms with Crippen molar-refractivity contribution >= 4 is 5.91 Å². The van der Waals surface area contributed by atoms with Crippen molar-refractivity contribution in [1.82, 2.24) is 10.2 Å². The summed E-state index contributed by atoms with van der Waals surface area (Å²) in [5.74, 6) is 1.31. The normalized spacial score (nSPS) is 29.8. The highest BCUT2D eigenvalue weighted by Crippen LogP contribution is 2.44. The molecule has 1 amide bonds. The fraction of sp³-hybridized carbons (Fsp3) is 0.696. The highest BCUT2D eigenvalue weighted by atomic mass is 16.2. The maximum atomic E-state index is 12.8. The summed E-state index contributed by atoms with van der Waals surface area (Å²) in [6.45, 7) is 9.79. The minimum Gasteiger partial charge on any atom is -0.342 e. The largest absolute Gasteiger partial charge is 0.342 e. The van der Waals surface area contributed by atoms with Crippen LogP contribution in [0.15, 0.2) is 24.3 Å². The van der Waals surface area contributed by atoms with Crippen LogP contribution in [0.5, 0.6) is 0 Å². The average Bonchev–Trinajstić information content (AvgIpc) is 3.10. The third-order valence-electron chi connectivity index (χ3n) is 7.01. The van der Waals surface area contributed by atoms with E-state index in [2.05, 4.69) is 55.3 Å². The van der Waals surface area contributed by atoms with Crippen molar-refractivity contribution in [2.45, 2.75) is 76.2 Å². The number of amides is 1. The zero-order valence-electron chi connectivity index (χ0n) is 16.7. The highest BCUT2D eigenvalue weighted by molar-refractivity contribution is 5.80. The van der Waals surface area contributed by atoms with Crippen LogP contribution in [0.2, 0.25) is 0 Å². The van der Waals surface area contributed by atoms with E-state index in [9.17, 15) is 4.79 Å². The Morgan fingerprint density at radius 1 is 1.12 bits per heavy atom. The van der Waals surface area contributed by atoms with Crippen LogP contribution < -0.4 is 5.32 Å². The van der Waals surface area contributed by atoms with E-state index in [1.807, 2.05) is 0 Å². The molecule has 1 aromatic carbocycles. The van der Waals surface area contributed by atoms with Gasteiger partial charge in [0.2, 0.25) is 5.91 Å². The molecule has 2 aliphatic heterocycles. The van der Waals surface area contributed by atoms with Gasteiger partial charge in [-0.3, -0.25) is 4.79 Å². The number of carbonyl (C=O) groups is 1. The molecule has 1 saturated carbocycles. The number of benzene rings is 1. The maximum Gasteiger partial charge on any atom is 0.225 e. The summed E-state index contributed by atoms with van der Waals surface area (Å²) in [6.07, 6.45) is 6.90. The zero-order valence-corrected chi connectivity index (χ0v) is 16.7. The molecule has 0 unspecified atom stereocenters. The van der Waals surface area contributed by atoms with Gasteiger partial charge in [-0.2, -0.15) is 0 Å². The molecule has 3 fully saturated rings. The predicted octanol–water partition coefficient (Wildman–Crippen LogP) is 4.22. The molecule has 1 spiro atoms. The Labute approximate surface area is 158 Å². The first-order valence-electron chi connectivity index (χ1n) is 10.5. The first kappa shape index (κ1) is 18.0. The Morgan fingerprint density at radius 2 is 1.77 bits per heavy atom. The summed E-state index contributed by atoms with van der Waals surface area (Å²) in [5.41, 5.74) is 3.38. The van der Waals surface area contributed by atoms with Crippen LogP contribution in [-0.4, -0.2) is 36.0 Å². The van der Waals surface area contributed by atoms with Gasteiger partial charge in [0.15, 0.2) is 0 Å².